The standard InChI is InChI=1S/C19H21ClO2/c1-13-6-5-7-16(12-13)19(3,4)18(22-14(2)21)15-8-10-17(20)11-9-15/h5-12,18H,1-4H3. The van der Waals surface area contributed by atoms with E-state index in [-0.39, 0.29) is 17.5 Å². The molecule has 0 amide bonds. The summed E-state index contributed by atoms with van der Waals surface area (Å²) in [6.45, 7) is 7.67. The molecule has 0 heterocycles. The minimum Gasteiger partial charge on any atom is -0.457 e. The molecule has 0 N–H and O–H groups in total. The highest BCUT2D eigenvalue weighted by Gasteiger charge is 2.35. The second kappa shape index (κ2) is 6.53. The van der Waals surface area contributed by atoms with E-state index in [1.807, 2.05) is 30.3 Å². The van der Waals surface area contributed by atoms with Gasteiger partial charge in [-0.15, -0.1) is 0 Å². The van der Waals surface area contributed by atoms with Gasteiger partial charge in [0.25, 0.3) is 0 Å². The highest BCUT2D eigenvalue weighted by Crippen LogP contribution is 2.40. The van der Waals surface area contributed by atoms with E-state index in [0.29, 0.717) is 5.02 Å². The van der Waals surface area contributed by atoms with Crippen LogP contribution in [0.1, 0.15) is 43.6 Å². The molecule has 2 rings (SSSR count). The van der Waals surface area contributed by atoms with Gasteiger partial charge in [0.15, 0.2) is 0 Å². The summed E-state index contributed by atoms with van der Waals surface area (Å²) in [4.78, 5) is 11.6. The summed E-state index contributed by atoms with van der Waals surface area (Å²) < 4.78 is 5.65. The van der Waals surface area contributed by atoms with Crippen molar-refractivity contribution >= 4 is 17.6 Å². The number of carbonyl (C=O) groups is 1. The Bertz CT molecular complexity index is 659. The third kappa shape index (κ3) is 3.69. The average Bonchev–Trinajstić information content (AvgIpc) is 2.45. The summed E-state index contributed by atoms with van der Waals surface area (Å²) in [5, 5.41) is 0.665. The van der Waals surface area contributed by atoms with Crippen LogP contribution in [0.5, 0.6) is 0 Å². The van der Waals surface area contributed by atoms with Crippen molar-refractivity contribution in [2.45, 2.75) is 39.2 Å². The molecule has 1 atom stereocenters. The van der Waals surface area contributed by atoms with Crippen molar-refractivity contribution in [2.75, 3.05) is 0 Å². The number of halogens is 1. The zero-order valence-corrected chi connectivity index (χ0v) is 14.1. The Labute approximate surface area is 137 Å². The van der Waals surface area contributed by atoms with Crippen LogP contribution in [0.4, 0.5) is 0 Å². The van der Waals surface area contributed by atoms with Gasteiger partial charge in [-0.05, 0) is 30.2 Å². The van der Waals surface area contributed by atoms with Gasteiger partial charge in [0.2, 0.25) is 0 Å². The molecule has 2 aromatic rings. The predicted molar refractivity (Wildman–Crippen MR) is 90.2 cm³/mol. The lowest BCUT2D eigenvalue weighted by atomic mass is 9.76. The summed E-state index contributed by atoms with van der Waals surface area (Å²) in [6, 6.07) is 15.7. The molecule has 2 nitrogen and oxygen atoms in total. The van der Waals surface area contributed by atoms with Crippen molar-refractivity contribution in [3.63, 3.8) is 0 Å². The first-order chi connectivity index (χ1) is 10.3. The SMILES string of the molecule is CC(=O)OC(c1ccc(Cl)cc1)C(C)(C)c1cccc(C)c1. The van der Waals surface area contributed by atoms with E-state index in [9.17, 15) is 4.79 Å². The Balaban J connectivity index is 2.47. The normalized spacial score (nSPS) is 12.8. The highest BCUT2D eigenvalue weighted by molar-refractivity contribution is 6.30. The van der Waals surface area contributed by atoms with Crippen LogP contribution in [-0.4, -0.2) is 5.97 Å². The molecule has 0 bridgehead atoms. The van der Waals surface area contributed by atoms with Crippen molar-refractivity contribution in [1.82, 2.24) is 0 Å². The van der Waals surface area contributed by atoms with Crippen LogP contribution in [0.25, 0.3) is 0 Å². The molecule has 0 aliphatic heterocycles. The number of carbonyl (C=O) groups excluding carboxylic acids is 1. The van der Waals surface area contributed by atoms with Gasteiger partial charge in [0.1, 0.15) is 6.10 Å². The molecular formula is C19H21ClO2. The predicted octanol–water partition coefficient (Wildman–Crippen LogP) is 5.23. The fourth-order valence-corrected chi connectivity index (χ4v) is 2.76. The largest absolute Gasteiger partial charge is 0.457 e. The first kappa shape index (κ1) is 16.6. The summed E-state index contributed by atoms with van der Waals surface area (Å²) in [6.07, 6.45) is -0.371. The average molecular weight is 317 g/mol. The molecule has 2 aromatic carbocycles. The van der Waals surface area contributed by atoms with Gasteiger partial charge in [-0.3, -0.25) is 4.79 Å². The topological polar surface area (TPSA) is 26.3 Å². The van der Waals surface area contributed by atoms with Gasteiger partial charge in [0, 0.05) is 17.4 Å². The summed E-state index contributed by atoms with van der Waals surface area (Å²) in [5.74, 6) is -0.291. The molecule has 0 fully saturated rings. The molecule has 0 spiro atoms. The van der Waals surface area contributed by atoms with Gasteiger partial charge in [-0.25, -0.2) is 0 Å². The van der Waals surface area contributed by atoms with Gasteiger partial charge < -0.3 is 4.74 Å². The number of rotatable bonds is 4. The van der Waals surface area contributed by atoms with Crippen LogP contribution in [0.3, 0.4) is 0 Å². The molecule has 3 heteroatoms. The van der Waals surface area contributed by atoms with Gasteiger partial charge >= 0.3 is 5.97 Å². The Morgan fingerprint density at radius 2 is 1.77 bits per heavy atom. The lowest BCUT2D eigenvalue weighted by Gasteiger charge is -2.34. The molecule has 22 heavy (non-hydrogen) atoms. The number of benzene rings is 2. The molecular weight excluding hydrogens is 296 g/mol. The lowest BCUT2D eigenvalue weighted by Crippen LogP contribution is -2.30. The van der Waals surface area contributed by atoms with E-state index in [1.54, 1.807) is 0 Å². The fourth-order valence-electron chi connectivity index (χ4n) is 2.63. The third-order valence-electron chi connectivity index (χ3n) is 3.87. The van der Waals surface area contributed by atoms with E-state index < -0.39 is 0 Å². The van der Waals surface area contributed by atoms with Gasteiger partial charge in [-0.1, -0.05) is 67.4 Å². The first-order valence-corrected chi connectivity index (χ1v) is 7.68. The maximum absolute atomic E-state index is 11.6. The Kier molecular flexibility index (Phi) is 4.92. The molecule has 116 valence electrons. The van der Waals surface area contributed by atoms with E-state index in [1.165, 1.54) is 12.5 Å². The second-order valence-electron chi connectivity index (χ2n) is 6.13. The van der Waals surface area contributed by atoms with Crippen LogP contribution in [0.15, 0.2) is 48.5 Å². The zero-order chi connectivity index (χ0) is 16.3. The second-order valence-corrected chi connectivity index (χ2v) is 6.57. The molecule has 0 aromatic heterocycles. The quantitative estimate of drug-likeness (QED) is 0.722. The first-order valence-electron chi connectivity index (χ1n) is 7.30. The van der Waals surface area contributed by atoms with Gasteiger partial charge in [0.05, 0.1) is 0 Å². The molecule has 0 aliphatic carbocycles. The van der Waals surface area contributed by atoms with Crippen molar-refractivity contribution in [3.05, 3.63) is 70.2 Å². The number of hydrogen-bond donors (Lipinski definition) is 0. The molecule has 0 saturated heterocycles. The highest BCUT2D eigenvalue weighted by atomic mass is 35.5. The molecule has 1 unspecified atom stereocenters. The van der Waals surface area contributed by atoms with Gasteiger partial charge in [-0.2, -0.15) is 0 Å². The summed E-state index contributed by atoms with van der Waals surface area (Å²) in [5.41, 5.74) is 2.90. The molecule has 0 radical (unpaired) electrons. The van der Waals surface area contributed by atoms with Crippen molar-refractivity contribution in [1.29, 1.82) is 0 Å². The third-order valence-corrected chi connectivity index (χ3v) is 4.13. The smallest absolute Gasteiger partial charge is 0.303 e. The maximum atomic E-state index is 11.6. The van der Waals surface area contributed by atoms with E-state index in [2.05, 4.69) is 39.0 Å². The Morgan fingerprint density at radius 3 is 2.32 bits per heavy atom. The fraction of sp³-hybridized carbons (Fsp3) is 0.316. The van der Waals surface area contributed by atoms with Crippen LogP contribution in [0, 0.1) is 6.92 Å². The lowest BCUT2D eigenvalue weighted by molar-refractivity contribution is -0.150. The summed E-state index contributed by atoms with van der Waals surface area (Å²) >= 11 is 5.97. The minimum absolute atomic E-state index is 0.291. The monoisotopic (exact) mass is 316 g/mol. The van der Waals surface area contributed by atoms with E-state index in [0.717, 1.165) is 11.1 Å². The Hall–Kier alpha value is -1.80. The number of esters is 1. The van der Waals surface area contributed by atoms with Crippen LogP contribution in [0.2, 0.25) is 5.02 Å². The number of aryl methyl sites for hydroxylation is 1. The maximum Gasteiger partial charge on any atom is 0.303 e. The van der Waals surface area contributed by atoms with Crippen molar-refractivity contribution in [2.24, 2.45) is 0 Å². The van der Waals surface area contributed by atoms with Crippen LogP contribution in [-0.2, 0) is 14.9 Å². The van der Waals surface area contributed by atoms with Crippen LogP contribution < -0.4 is 0 Å². The zero-order valence-electron chi connectivity index (χ0n) is 13.4. The molecule has 0 aliphatic rings. The Morgan fingerprint density at radius 1 is 1.14 bits per heavy atom. The van der Waals surface area contributed by atoms with Crippen LogP contribution >= 0.6 is 11.6 Å². The molecule has 0 saturated carbocycles. The van der Waals surface area contributed by atoms with E-state index >= 15 is 0 Å². The van der Waals surface area contributed by atoms with Crippen molar-refractivity contribution in [3.8, 4) is 0 Å². The van der Waals surface area contributed by atoms with Crippen molar-refractivity contribution < 1.29 is 9.53 Å². The number of ether oxygens (including phenoxy) is 1. The number of hydrogen-bond acceptors (Lipinski definition) is 2. The van der Waals surface area contributed by atoms with E-state index in [4.69, 9.17) is 16.3 Å². The minimum atomic E-state index is -0.371. The summed E-state index contributed by atoms with van der Waals surface area (Å²) in [7, 11) is 0.